The zero-order valence-corrected chi connectivity index (χ0v) is 15.2. The van der Waals surface area contributed by atoms with Gasteiger partial charge in [0.1, 0.15) is 6.04 Å². The molecule has 142 valence electrons. The summed E-state index contributed by atoms with van der Waals surface area (Å²) >= 11 is 0. The molecule has 0 radical (unpaired) electrons. The average Bonchev–Trinajstić information content (AvgIpc) is 2.84. The van der Waals surface area contributed by atoms with Gasteiger partial charge in [-0.15, -0.1) is 0 Å². The molecule has 3 aliphatic heterocycles. The maximum absolute atomic E-state index is 12.4. The summed E-state index contributed by atoms with van der Waals surface area (Å²) in [6.45, 7) is 3.72. The molecule has 1 spiro atoms. The second kappa shape index (κ2) is 6.84. The predicted octanol–water partition coefficient (Wildman–Crippen LogP) is 1.97. The zero-order valence-electron chi connectivity index (χ0n) is 15.2. The molecule has 0 amide bonds. The van der Waals surface area contributed by atoms with Crippen LogP contribution in [0.1, 0.15) is 31.7 Å². The smallest absolute Gasteiger partial charge is 0.334 e. The molecule has 1 saturated heterocycles. The van der Waals surface area contributed by atoms with Crippen LogP contribution in [0.2, 0.25) is 0 Å². The molecular formula is C19H22N4O4. The lowest BCUT2D eigenvalue weighted by atomic mass is 9.78. The standard InChI is InChI=1S/C19H22N4O4/c1-18(14-6-5-9-20-12-14)19(26-16(24)7-8-17(25)27-19)15(13-21-22-18)23-10-3-2-4-11-23/h5-9,12,15H,2-4,10-11,13H2,1H3. The van der Waals surface area contributed by atoms with Crippen molar-refractivity contribution in [2.75, 3.05) is 19.6 Å². The Kier molecular flexibility index (Phi) is 4.51. The van der Waals surface area contributed by atoms with Crippen molar-refractivity contribution >= 4 is 11.9 Å². The summed E-state index contributed by atoms with van der Waals surface area (Å²) in [7, 11) is 0. The Morgan fingerprint density at radius 3 is 2.44 bits per heavy atom. The molecule has 8 heteroatoms. The van der Waals surface area contributed by atoms with Gasteiger partial charge in [0.05, 0.1) is 6.54 Å². The maximum atomic E-state index is 12.4. The molecule has 27 heavy (non-hydrogen) atoms. The number of aromatic nitrogens is 1. The number of rotatable bonds is 2. The number of carbonyl (C=O) groups excluding carboxylic acids is 2. The van der Waals surface area contributed by atoms with Gasteiger partial charge in [-0.3, -0.25) is 9.88 Å². The lowest BCUT2D eigenvalue weighted by Crippen LogP contribution is -2.69. The molecule has 8 nitrogen and oxygen atoms in total. The lowest BCUT2D eigenvalue weighted by molar-refractivity contribution is -0.275. The maximum Gasteiger partial charge on any atom is 0.334 e. The SMILES string of the molecule is CC1(c2cccnc2)N=NCC(N2CCCCC2)C12OC(=O)C=CC(=O)O2. The highest BCUT2D eigenvalue weighted by Crippen LogP contribution is 2.48. The van der Waals surface area contributed by atoms with E-state index in [4.69, 9.17) is 9.47 Å². The summed E-state index contributed by atoms with van der Waals surface area (Å²) in [5.41, 5.74) is -0.545. The van der Waals surface area contributed by atoms with Gasteiger partial charge in [-0.25, -0.2) is 9.59 Å². The first kappa shape index (κ1) is 17.8. The van der Waals surface area contributed by atoms with Crippen LogP contribution in [-0.4, -0.2) is 53.3 Å². The number of carbonyl (C=O) groups is 2. The number of piperidine rings is 1. The van der Waals surface area contributed by atoms with Crippen molar-refractivity contribution in [3.63, 3.8) is 0 Å². The molecule has 3 aliphatic rings. The number of ether oxygens (including phenoxy) is 2. The molecular weight excluding hydrogens is 348 g/mol. The van der Waals surface area contributed by atoms with E-state index in [0.29, 0.717) is 5.56 Å². The van der Waals surface area contributed by atoms with Crippen LogP contribution in [0, 0.1) is 0 Å². The number of nitrogens with zero attached hydrogens (tertiary/aromatic N) is 4. The minimum atomic E-state index is -1.62. The van der Waals surface area contributed by atoms with Crippen molar-refractivity contribution in [1.82, 2.24) is 9.88 Å². The molecule has 1 fully saturated rings. The summed E-state index contributed by atoms with van der Waals surface area (Å²) in [5.74, 6) is -2.88. The topological polar surface area (TPSA) is 93.5 Å². The fourth-order valence-electron chi connectivity index (χ4n) is 4.13. The third kappa shape index (κ3) is 2.93. The van der Waals surface area contributed by atoms with Crippen molar-refractivity contribution < 1.29 is 19.1 Å². The van der Waals surface area contributed by atoms with E-state index in [0.717, 1.165) is 44.5 Å². The van der Waals surface area contributed by atoms with Crippen LogP contribution in [0.15, 0.2) is 46.9 Å². The minimum Gasteiger partial charge on any atom is -0.414 e. The summed E-state index contributed by atoms with van der Waals surface area (Å²) in [6.07, 6.45) is 8.70. The number of likely N-dealkylation sites (tertiary alicyclic amines) is 1. The van der Waals surface area contributed by atoms with Crippen LogP contribution in [0.25, 0.3) is 0 Å². The fourth-order valence-corrected chi connectivity index (χ4v) is 4.13. The van der Waals surface area contributed by atoms with Crippen LogP contribution in [-0.2, 0) is 24.6 Å². The monoisotopic (exact) mass is 370 g/mol. The van der Waals surface area contributed by atoms with E-state index in [-0.39, 0.29) is 6.54 Å². The molecule has 4 rings (SSSR count). The average molecular weight is 370 g/mol. The molecule has 2 unspecified atom stereocenters. The Morgan fingerprint density at radius 2 is 1.81 bits per heavy atom. The molecule has 0 aliphatic carbocycles. The largest absolute Gasteiger partial charge is 0.414 e. The van der Waals surface area contributed by atoms with Gasteiger partial charge in [-0.05, 0) is 38.9 Å². The van der Waals surface area contributed by atoms with Gasteiger partial charge in [0.15, 0.2) is 5.54 Å². The third-order valence-corrected chi connectivity index (χ3v) is 5.56. The summed E-state index contributed by atoms with van der Waals surface area (Å²) in [4.78, 5) is 31.2. The molecule has 0 N–H and O–H groups in total. The molecule has 1 aromatic heterocycles. The Bertz CT molecular complexity index is 768. The van der Waals surface area contributed by atoms with Gasteiger partial charge in [0.2, 0.25) is 0 Å². The Balaban J connectivity index is 1.87. The highest BCUT2D eigenvalue weighted by atomic mass is 16.7. The van der Waals surface area contributed by atoms with Crippen LogP contribution in [0.3, 0.4) is 0 Å². The summed E-state index contributed by atoms with van der Waals surface area (Å²) in [6, 6.07) is 3.17. The molecule has 4 heterocycles. The van der Waals surface area contributed by atoms with E-state index in [1.807, 2.05) is 6.07 Å². The van der Waals surface area contributed by atoms with Gasteiger partial charge in [0, 0.05) is 30.1 Å². The van der Waals surface area contributed by atoms with E-state index >= 15 is 0 Å². The van der Waals surface area contributed by atoms with E-state index in [9.17, 15) is 9.59 Å². The number of hydrogen-bond donors (Lipinski definition) is 0. The van der Waals surface area contributed by atoms with Crippen molar-refractivity contribution in [3.8, 4) is 0 Å². The molecule has 2 atom stereocenters. The Hall–Kier alpha value is -2.61. The first-order valence-electron chi connectivity index (χ1n) is 9.22. The van der Waals surface area contributed by atoms with Crippen molar-refractivity contribution in [1.29, 1.82) is 0 Å². The number of hydrogen-bond acceptors (Lipinski definition) is 8. The third-order valence-electron chi connectivity index (χ3n) is 5.56. The van der Waals surface area contributed by atoms with Crippen molar-refractivity contribution in [3.05, 3.63) is 42.2 Å². The quantitative estimate of drug-likeness (QED) is 0.739. The first-order valence-corrected chi connectivity index (χ1v) is 9.22. The van der Waals surface area contributed by atoms with Gasteiger partial charge in [0.25, 0.3) is 0 Å². The normalized spacial score (nSPS) is 30.6. The lowest BCUT2D eigenvalue weighted by Gasteiger charge is -2.51. The number of esters is 2. The van der Waals surface area contributed by atoms with Gasteiger partial charge < -0.3 is 9.47 Å². The fraction of sp³-hybridized carbons (Fsp3) is 0.526. The van der Waals surface area contributed by atoms with Crippen LogP contribution in [0.5, 0.6) is 0 Å². The van der Waals surface area contributed by atoms with E-state index in [1.165, 1.54) is 0 Å². The predicted molar refractivity (Wildman–Crippen MR) is 94.6 cm³/mol. The zero-order chi connectivity index (χ0) is 18.9. The van der Waals surface area contributed by atoms with E-state index < -0.39 is 29.3 Å². The molecule has 0 aromatic carbocycles. The Labute approximate surface area is 157 Å². The second-order valence-electron chi connectivity index (χ2n) is 7.19. The van der Waals surface area contributed by atoms with Gasteiger partial charge in [-0.1, -0.05) is 12.5 Å². The molecule has 1 aromatic rings. The highest BCUT2D eigenvalue weighted by molar-refractivity contribution is 5.93. The highest BCUT2D eigenvalue weighted by Gasteiger charge is 2.65. The van der Waals surface area contributed by atoms with Crippen LogP contribution < -0.4 is 0 Å². The summed E-state index contributed by atoms with van der Waals surface area (Å²) in [5, 5.41) is 8.79. The molecule has 0 bridgehead atoms. The van der Waals surface area contributed by atoms with Crippen molar-refractivity contribution in [2.45, 2.75) is 43.6 Å². The minimum absolute atomic E-state index is 0.288. The van der Waals surface area contributed by atoms with Crippen LogP contribution >= 0.6 is 0 Å². The van der Waals surface area contributed by atoms with Gasteiger partial charge in [-0.2, -0.15) is 10.2 Å². The van der Waals surface area contributed by atoms with Crippen molar-refractivity contribution in [2.24, 2.45) is 10.2 Å². The summed E-state index contributed by atoms with van der Waals surface area (Å²) < 4.78 is 11.7. The second-order valence-corrected chi connectivity index (χ2v) is 7.19. The molecule has 0 saturated carbocycles. The van der Waals surface area contributed by atoms with E-state index in [2.05, 4.69) is 20.1 Å². The van der Waals surface area contributed by atoms with Crippen LogP contribution in [0.4, 0.5) is 0 Å². The van der Waals surface area contributed by atoms with Gasteiger partial charge >= 0.3 is 17.7 Å². The van der Waals surface area contributed by atoms with E-state index in [1.54, 1.807) is 25.4 Å². The number of azo groups is 1. The Morgan fingerprint density at radius 1 is 1.11 bits per heavy atom. The first-order chi connectivity index (χ1) is 13.1. The number of pyridine rings is 1.